The van der Waals surface area contributed by atoms with Crippen molar-refractivity contribution < 1.29 is 4.74 Å². The molecule has 0 saturated carbocycles. The average molecular weight is 559 g/mol. The standard InChI is InChI=1S/C27H17Br2N3O/c28-21-13-19(12-20(15-30)27-31-24-10-3-4-11-25(24)32-27)26(23(29)14-21)33-16-18-8-5-7-17-6-1-2-9-22(17)18/h1-14H,16H2,(H,31,32)/b20-12+. The Morgan fingerprint density at radius 3 is 2.64 bits per heavy atom. The van der Waals surface area contributed by atoms with Gasteiger partial charge < -0.3 is 9.72 Å². The Kier molecular flexibility index (Phi) is 5.99. The molecular weight excluding hydrogens is 542 g/mol. The Bertz CT molecular complexity index is 1530. The van der Waals surface area contributed by atoms with Gasteiger partial charge in [0.05, 0.1) is 21.1 Å². The normalized spacial score (nSPS) is 11.6. The van der Waals surface area contributed by atoms with E-state index in [4.69, 9.17) is 4.74 Å². The Labute approximate surface area is 207 Å². The van der Waals surface area contributed by atoms with Crippen LogP contribution >= 0.6 is 31.9 Å². The zero-order valence-electron chi connectivity index (χ0n) is 17.3. The number of H-pyrrole nitrogens is 1. The van der Waals surface area contributed by atoms with Crippen LogP contribution in [0.25, 0.3) is 33.5 Å². The molecule has 5 rings (SSSR count). The molecule has 0 amide bonds. The van der Waals surface area contributed by atoms with E-state index in [2.05, 4.69) is 72.2 Å². The second kappa shape index (κ2) is 9.22. The molecule has 0 fully saturated rings. The van der Waals surface area contributed by atoms with Crippen LogP contribution in [0.15, 0.2) is 87.8 Å². The summed E-state index contributed by atoms with van der Waals surface area (Å²) in [6, 6.07) is 28.3. The second-order valence-corrected chi connectivity index (χ2v) is 9.28. The number of nitrogens with zero attached hydrogens (tertiary/aromatic N) is 2. The van der Waals surface area contributed by atoms with Crippen LogP contribution in [0.4, 0.5) is 0 Å². The highest BCUT2D eigenvalue weighted by molar-refractivity contribution is 9.11. The van der Waals surface area contributed by atoms with Crippen LogP contribution in [0.3, 0.4) is 0 Å². The van der Waals surface area contributed by atoms with Gasteiger partial charge in [-0.2, -0.15) is 5.26 Å². The quantitative estimate of drug-likeness (QED) is 0.223. The largest absolute Gasteiger partial charge is 0.487 e. The molecule has 6 heteroatoms. The number of ether oxygens (including phenoxy) is 1. The molecule has 4 nitrogen and oxygen atoms in total. The van der Waals surface area contributed by atoms with Gasteiger partial charge in [-0.25, -0.2) is 4.98 Å². The smallest absolute Gasteiger partial charge is 0.149 e. The minimum Gasteiger partial charge on any atom is -0.487 e. The summed E-state index contributed by atoms with van der Waals surface area (Å²) in [6.07, 6.45) is 1.80. The fourth-order valence-corrected chi connectivity index (χ4v) is 5.17. The maximum absolute atomic E-state index is 9.88. The Morgan fingerprint density at radius 1 is 1.00 bits per heavy atom. The van der Waals surface area contributed by atoms with Crippen LogP contribution in [-0.2, 0) is 6.61 Å². The first-order valence-corrected chi connectivity index (χ1v) is 11.9. The number of nitrogens with one attached hydrogen (secondary N) is 1. The van der Waals surface area contributed by atoms with Crippen LogP contribution in [0.5, 0.6) is 5.75 Å². The number of benzene rings is 4. The van der Waals surface area contributed by atoms with Gasteiger partial charge in [0.15, 0.2) is 0 Å². The van der Waals surface area contributed by atoms with E-state index in [0.29, 0.717) is 23.8 Å². The number of rotatable bonds is 5. The summed E-state index contributed by atoms with van der Waals surface area (Å²) in [4.78, 5) is 7.80. The van der Waals surface area contributed by atoms with E-state index >= 15 is 0 Å². The number of nitriles is 1. The number of hydrogen-bond donors (Lipinski definition) is 1. The highest BCUT2D eigenvalue weighted by Crippen LogP contribution is 2.36. The van der Waals surface area contributed by atoms with E-state index < -0.39 is 0 Å². The highest BCUT2D eigenvalue weighted by atomic mass is 79.9. The molecule has 4 aromatic carbocycles. The Hall–Kier alpha value is -3.40. The van der Waals surface area contributed by atoms with Crippen molar-refractivity contribution in [1.82, 2.24) is 9.97 Å². The minimum absolute atomic E-state index is 0.398. The molecule has 0 aliphatic heterocycles. The molecule has 0 radical (unpaired) electrons. The van der Waals surface area contributed by atoms with Crippen molar-refractivity contribution >= 4 is 65.3 Å². The van der Waals surface area contributed by atoms with Gasteiger partial charge in [0, 0.05) is 10.0 Å². The molecule has 5 aromatic rings. The zero-order chi connectivity index (χ0) is 22.8. The number of hydrogen-bond acceptors (Lipinski definition) is 3. The molecule has 160 valence electrons. The summed E-state index contributed by atoms with van der Waals surface area (Å²) in [5.74, 6) is 1.18. The highest BCUT2D eigenvalue weighted by Gasteiger charge is 2.14. The summed E-state index contributed by atoms with van der Waals surface area (Å²) in [5.41, 5.74) is 3.99. The van der Waals surface area contributed by atoms with Gasteiger partial charge in [-0.1, -0.05) is 70.5 Å². The molecule has 0 aliphatic rings. The van der Waals surface area contributed by atoms with Gasteiger partial charge in [-0.3, -0.25) is 0 Å². The van der Waals surface area contributed by atoms with Crippen molar-refractivity contribution in [2.75, 3.05) is 0 Å². The van der Waals surface area contributed by atoms with Gasteiger partial charge in [-0.05, 0) is 62.6 Å². The van der Waals surface area contributed by atoms with Crippen LogP contribution in [-0.4, -0.2) is 9.97 Å². The number of imidazole rings is 1. The molecule has 0 saturated heterocycles. The van der Waals surface area contributed by atoms with Crippen molar-refractivity contribution in [1.29, 1.82) is 5.26 Å². The number of para-hydroxylation sites is 2. The lowest BCUT2D eigenvalue weighted by Gasteiger charge is -2.14. The summed E-state index contributed by atoms with van der Waals surface area (Å²) >= 11 is 7.18. The first-order chi connectivity index (χ1) is 16.1. The first-order valence-electron chi connectivity index (χ1n) is 10.3. The maximum atomic E-state index is 9.88. The maximum Gasteiger partial charge on any atom is 0.149 e. The summed E-state index contributed by atoms with van der Waals surface area (Å²) < 4.78 is 7.98. The van der Waals surface area contributed by atoms with E-state index in [-0.39, 0.29) is 0 Å². The number of aromatic nitrogens is 2. The first kappa shape index (κ1) is 21.4. The molecule has 0 bridgehead atoms. The average Bonchev–Trinajstić information content (AvgIpc) is 3.26. The number of halogens is 2. The monoisotopic (exact) mass is 557 g/mol. The topological polar surface area (TPSA) is 61.7 Å². The van der Waals surface area contributed by atoms with E-state index in [1.165, 1.54) is 5.39 Å². The summed E-state index contributed by atoms with van der Waals surface area (Å²) in [6.45, 7) is 0.398. The van der Waals surface area contributed by atoms with Gasteiger partial charge in [0.25, 0.3) is 0 Å². The molecular formula is C27H17Br2N3O. The summed E-state index contributed by atoms with van der Waals surface area (Å²) in [7, 11) is 0. The zero-order valence-corrected chi connectivity index (χ0v) is 20.5. The van der Waals surface area contributed by atoms with Gasteiger partial charge in [0.2, 0.25) is 0 Å². The summed E-state index contributed by atoms with van der Waals surface area (Å²) in [5, 5.41) is 12.2. The van der Waals surface area contributed by atoms with Gasteiger partial charge >= 0.3 is 0 Å². The van der Waals surface area contributed by atoms with E-state index in [1.54, 1.807) is 6.08 Å². The van der Waals surface area contributed by atoms with Crippen molar-refractivity contribution in [3.63, 3.8) is 0 Å². The lowest BCUT2D eigenvalue weighted by molar-refractivity contribution is 0.305. The predicted octanol–water partition coefficient (Wildman–Crippen LogP) is 7.88. The second-order valence-electron chi connectivity index (χ2n) is 7.51. The third-order valence-electron chi connectivity index (χ3n) is 5.35. The third kappa shape index (κ3) is 4.43. The van der Waals surface area contributed by atoms with Crippen LogP contribution in [0.1, 0.15) is 17.0 Å². The molecule has 1 aromatic heterocycles. The molecule has 0 aliphatic carbocycles. The lowest BCUT2D eigenvalue weighted by Crippen LogP contribution is -1.99. The van der Waals surface area contributed by atoms with Crippen LogP contribution < -0.4 is 4.74 Å². The van der Waals surface area contributed by atoms with Gasteiger partial charge in [-0.15, -0.1) is 0 Å². The fourth-order valence-electron chi connectivity index (χ4n) is 3.80. The van der Waals surface area contributed by atoms with Crippen molar-refractivity contribution in [2.45, 2.75) is 6.61 Å². The van der Waals surface area contributed by atoms with E-state index in [0.717, 1.165) is 36.5 Å². The number of fused-ring (bicyclic) bond motifs is 2. The number of allylic oxidation sites excluding steroid dienone is 1. The fraction of sp³-hybridized carbons (Fsp3) is 0.0370. The van der Waals surface area contributed by atoms with E-state index in [1.807, 2.05) is 54.6 Å². The third-order valence-corrected chi connectivity index (χ3v) is 6.40. The predicted molar refractivity (Wildman–Crippen MR) is 140 cm³/mol. The molecule has 0 atom stereocenters. The molecule has 33 heavy (non-hydrogen) atoms. The molecule has 0 spiro atoms. The van der Waals surface area contributed by atoms with Gasteiger partial charge in [0.1, 0.15) is 24.3 Å². The van der Waals surface area contributed by atoms with E-state index in [9.17, 15) is 5.26 Å². The van der Waals surface area contributed by atoms with Crippen molar-refractivity contribution in [3.8, 4) is 11.8 Å². The van der Waals surface area contributed by atoms with Crippen molar-refractivity contribution in [3.05, 3.63) is 105 Å². The SMILES string of the molecule is N#C/C(=C\c1cc(Br)cc(Br)c1OCc1cccc2ccccc12)c1nc2ccccc2[nH]1. The minimum atomic E-state index is 0.398. The number of aromatic amines is 1. The van der Waals surface area contributed by atoms with Crippen LogP contribution in [0.2, 0.25) is 0 Å². The molecule has 1 heterocycles. The Morgan fingerprint density at radius 2 is 1.79 bits per heavy atom. The van der Waals surface area contributed by atoms with Crippen LogP contribution in [0, 0.1) is 11.3 Å². The molecule has 1 N–H and O–H groups in total. The Balaban J connectivity index is 1.53. The molecule has 0 unspecified atom stereocenters. The van der Waals surface area contributed by atoms with Crippen molar-refractivity contribution in [2.24, 2.45) is 0 Å². The lowest BCUT2D eigenvalue weighted by atomic mass is 10.1.